The molecule has 1 saturated heterocycles. The van der Waals surface area contributed by atoms with Crippen molar-refractivity contribution >= 4 is 36.0 Å². The second kappa shape index (κ2) is 13.5. The number of rotatable bonds is 7. The fraction of sp³-hybridized carbons (Fsp3) is 0.900. The Labute approximate surface area is 187 Å². The standard InChI is InChI=1S/C20H38N4O3.HI/c1-4-15-27-20(11-7-6-8-12-20)16-22-18(21-5-2)23-17-9-13-24(14-10-17)19(25)26-3;/h17H,4-16H2,1-3H3,(H2,21,22,23);1H. The summed E-state index contributed by atoms with van der Waals surface area (Å²) in [5, 5.41) is 6.92. The molecule has 1 heterocycles. The molecular weight excluding hydrogens is 471 g/mol. The molecule has 0 radical (unpaired) electrons. The van der Waals surface area contributed by atoms with Gasteiger partial charge in [-0.05, 0) is 39.0 Å². The lowest BCUT2D eigenvalue weighted by molar-refractivity contribution is -0.0624. The molecule has 2 aliphatic rings. The average Bonchev–Trinajstić information content (AvgIpc) is 2.71. The summed E-state index contributed by atoms with van der Waals surface area (Å²) in [5.41, 5.74) is -0.0924. The second-order valence-electron chi connectivity index (χ2n) is 7.66. The van der Waals surface area contributed by atoms with Crippen LogP contribution in [0.25, 0.3) is 0 Å². The van der Waals surface area contributed by atoms with Crippen molar-refractivity contribution in [2.45, 2.75) is 76.9 Å². The van der Waals surface area contributed by atoms with E-state index in [4.69, 9.17) is 14.5 Å². The number of nitrogens with one attached hydrogen (secondary N) is 2. The van der Waals surface area contributed by atoms with Gasteiger partial charge < -0.3 is 25.0 Å². The summed E-state index contributed by atoms with van der Waals surface area (Å²) in [6.45, 7) is 8.03. The molecule has 7 nitrogen and oxygen atoms in total. The van der Waals surface area contributed by atoms with Crippen molar-refractivity contribution in [3.05, 3.63) is 0 Å². The van der Waals surface area contributed by atoms with E-state index in [1.54, 1.807) is 4.90 Å². The van der Waals surface area contributed by atoms with E-state index in [-0.39, 0.29) is 35.7 Å². The van der Waals surface area contributed by atoms with Gasteiger partial charge in [0.2, 0.25) is 0 Å². The Hall–Kier alpha value is -0.770. The summed E-state index contributed by atoms with van der Waals surface area (Å²) in [7, 11) is 1.43. The Morgan fingerprint density at radius 3 is 2.43 bits per heavy atom. The molecule has 1 amide bonds. The van der Waals surface area contributed by atoms with Crippen LogP contribution < -0.4 is 10.6 Å². The summed E-state index contributed by atoms with van der Waals surface area (Å²) in [5.74, 6) is 0.860. The lowest BCUT2D eigenvalue weighted by Crippen LogP contribution is -2.50. The number of carbonyl (C=O) groups excluding carboxylic acids is 1. The number of ether oxygens (including phenoxy) is 2. The monoisotopic (exact) mass is 510 g/mol. The van der Waals surface area contributed by atoms with E-state index in [1.807, 2.05) is 0 Å². The summed E-state index contributed by atoms with van der Waals surface area (Å²) < 4.78 is 11.1. The molecular formula is C20H39IN4O3. The molecule has 0 aromatic rings. The molecule has 164 valence electrons. The molecule has 28 heavy (non-hydrogen) atoms. The van der Waals surface area contributed by atoms with Gasteiger partial charge >= 0.3 is 6.09 Å². The first-order chi connectivity index (χ1) is 13.1. The summed E-state index contributed by atoms with van der Waals surface area (Å²) >= 11 is 0. The number of halogens is 1. The van der Waals surface area contributed by atoms with Crippen LogP contribution in [0, 0.1) is 0 Å². The van der Waals surface area contributed by atoms with E-state index in [9.17, 15) is 4.79 Å². The van der Waals surface area contributed by atoms with Gasteiger partial charge in [0.05, 0.1) is 19.3 Å². The van der Waals surface area contributed by atoms with Gasteiger partial charge in [-0.15, -0.1) is 24.0 Å². The third-order valence-corrected chi connectivity index (χ3v) is 5.52. The van der Waals surface area contributed by atoms with Crippen LogP contribution in [0.3, 0.4) is 0 Å². The zero-order valence-electron chi connectivity index (χ0n) is 17.8. The number of carbonyl (C=O) groups is 1. The molecule has 1 saturated carbocycles. The number of methoxy groups -OCH3 is 1. The van der Waals surface area contributed by atoms with Gasteiger partial charge in [0.25, 0.3) is 0 Å². The van der Waals surface area contributed by atoms with Crippen molar-refractivity contribution in [3.63, 3.8) is 0 Å². The van der Waals surface area contributed by atoms with Crippen molar-refractivity contribution in [1.82, 2.24) is 15.5 Å². The van der Waals surface area contributed by atoms with Gasteiger partial charge in [0, 0.05) is 32.3 Å². The smallest absolute Gasteiger partial charge is 0.409 e. The average molecular weight is 510 g/mol. The second-order valence-corrected chi connectivity index (χ2v) is 7.66. The van der Waals surface area contributed by atoms with Crippen molar-refractivity contribution in [1.29, 1.82) is 0 Å². The van der Waals surface area contributed by atoms with Crippen LogP contribution in [0.4, 0.5) is 4.79 Å². The third kappa shape index (κ3) is 7.93. The topological polar surface area (TPSA) is 75.2 Å². The number of hydrogen-bond donors (Lipinski definition) is 2. The van der Waals surface area contributed by atoms with Gasteiger partial charge in [0.15, 0.2) is 5.96 Å². The Morgan fingerprint density at radius 2 is 1.86 bits per heavy atom. The van der Waals surface area contributed by atoms with E-state index < -0.39 is 0 Å². The SMILES string of the molecule is CCCOC1(CN=C(NCC)NC2CCN(C(=O)OC)CC2)CCCCC1.I. The molecule has 0 aromatic carbocycles. The minimum atomic E-state index is -0.235. The number of piperidine rings is 1. The third-order valence-electron chi connectivity index (χ3n) is 5.52. The Bertz CT molecular complexity index is 476. The Kier molecular flexibility index (Phi) is 12.1. The van der Waals surface area contributed by atoms with Crippen LogP contribution in [0.2, 0.25) is 0 Å². The molecule has 1 aliphatic heterocycles. The summed E-state index contributed by atoms with van der Waals surface area (Å²) in [4.78, 5) is 18.3. The lowest BCUT2D eigenvalue weighted by atomic mass is 9.84. The fourth-order valence-corrected chi connectivity index (χ4v) is 3.93. The van der Waals surface area contributed by atoms with Crippen molar-refractivity contribution in [2.75, 3.05) is 39.9 Å². The lowest BCUT2D eigenvalue weighted by Gasteiger charge is -2.36. The van der Waals surface area contributed by atoms with Gasteiger partial charge in [0.1, 0.15) is 0 Å². The minimum Gasteiger partial charge on any atom is -0.453 e. The van der Waals surface area contributed by atoms with Gasteiger partial charge in [-0.3, -0.25) is 4.99 Å². The molecule has 2 fully saturated rings. The largest absolute Gasteiger partial charge is 0.453 e. The molecule has 0 bridgehead atoms. The first-order valence-corrected chi connectivity index (χ1v) is 10.6. The van der Waals surface area contributed by atoms with Gasteiger partial charge in [-0.2, -0.15) is 0 Å². The van der Waals surface area contributed by atoms with E-state index in [0.29, 0.717) is 25.7 Å². The summed E-state index contributed by atoms with van der Waals surface area (Å²) in [6.07, 6.45) is 8.58. The molecule has 0 spiro atoms. The highest BCUT2D eigenvalue weighted by Crippen LogP contribution is 2.32. The molecule has 8 heteroatoms. The first-order valence-electron chi connectivity index (χ1n) is 10.6. The number of nitrogens with zero attached hydrogens (tertiary/aromatic N) is 2. The van der Waals surface area contributed by atoms with Crippen LogP contribution in [0.5, 0.6) is 0 Å². The van der Waals surface area contributed by atoms with E-state index in [1.165, 1.54) is 26.4 Å². The van der Waals surface area contributed by atoms with Gasteiger partial charge in [-0.1, -0.05) is 26.2 Å². The highest BCUT2D eigenvalue weighted by molar-refractivity contribution is 14.0. The zero-order valence-corrected chi connectivity index (χ0v) is 20.1. The highest BCUT2D eigenvalue weighted by atomic mass is 127. The molecule has 0 atom stereocenters. The molecule has 0 unspecified atom stereocenters. The number of amides is 1. The van der Waals surface area contributed by atoms with E-state index >= 15 is 0 Å². The first kappa shape index (κ1) is 25.3. The van der Waals surface area contributed by atoms with Crippen molar-refractivity contribution < 1.29 is 14.3 Å². The van der Waals surface area contributed by atoms with Crippen LogP contribution in [0.1, 0.15) is 65.2 Å². The zero-order chi connectivity index (χ0) is 19.5. The molecule has 2 N–H and O–H groups in total. The summed E-state index contributed by atoms with van der Waals surface area (Å²) in [6, 6.07) is 0.322. The number of guanidine groups is 1. The molecule has 1 aliphatic carbocycles. The van der Waals surface area contributed by atoms with Crippen molar-refractivity contribution in [2.24, 2.45) is 4.99 Å². The molecule has 2 rings (SSSR count). The quantitative estimate of drug-likeness (QED) is 0.312. The maximum atomic E-state index is 11.6. The van der Waals surface area contributed by atoms with E-state index in [0.717, 1.165) is 51.2 Å². The highest BCUT2D eigenvalue weighted by Gasteiger charge is 2.33. The Balaban J connectivity index is 0.00000392. The molecule has 0 aromatic heterocycles. The maximum absolute atomic E-state index is 11.6. The van der Waals surface area contributed by atoms with Crippen LogP contribution >= 0.6 is 24.0 Å². The van der Waals surface area contributed by atoms with E-state index in [2.05, 4.69) is 24.5 Å². The number of likely N-dealkylation sites (tertiary alicyclic amines) is 1. The fourth-order valence-electron chi connectivity index (χ4n) is 3.93. The van der Waals surface area contributed by atoms with Crippen LogP contribution in [-0.4, -0.2) is 68.5 Å². The predicted octanol–water partition coefficient (Wildman–Crippen LogP) is 3.52. The minimum absolute atomic E-state index is 0. The van der Waals surface area contributed by atoms with Crippen LogP contribution in [0.15, 0.2) is 4.99 Å². The van der Waals surface area contributed by atoms with Crippen LogP contribution in [-0.2, 0) is 9.47 Å². The maximum Gasteiger partial charge on any atom is 0.409 e. The number of aliphatic imine (C=N–C) groups is 1. The predicted molar refractivity (Wildman–Crippen MR) is 124 cm³/mol. The normalized spacial score (nSPS) is 20.2. The Morgan fingerprint density at radius 1 is 1.18 bits per heavy atom. The van der Waals surface area contributed by atoms with Gasteiger partial charge in [-0.25, -0.2) is 4.79 Å². The number of hydrogen-bond acceptors (Lipinski definition) is 4. The van der Waals surface area contributed by atoms with Crippen molar-refractivity contribution in [3.8, 4) is 0 Å².